The summed E-state index contributed by atoms with van der Waals surface area (Å²) in [6.07, 6.45) is 0.968. The van der Waals surface area contributed by atoms with Gasteiger partial charge in [0.05, 0.1) is 15.7 Å². The molecule has 0 atom stereocenters. The molecule has 1 heterocycles. The van der Waals surface area contributed by atoms with E-state index in [4.69, 9.17) is 28.9 Å². The third-order valence-electron chi connectivity index (χ3n) is 2.32. The molecule has 19 heavy (non-hydrogen) atoms. The number of rotatable bonds is 3. The van der Waals surface area contributed by atoms with Gasteiger partial charge in [0.2, 0.25) is 5.95 Å². The molecule has 0 bridgehead atoms. The molecule has 3 N–H and O–H groups in total. The van der Waals surface area contributed by atoms with E-state index in [0.717, 1.165) is 6.33 Å². The molecule has 10 heteroatoms. The standard InChI is InChI=1S/C9H9Cl2N5O2S/c1-5-2-3-6(10)8(7(5)11)15-19(17,18)16-4-13-14-9(16)12/h2-4,15H,1H3,(H2,12,14). The van der Waals surface area contributed by atoms with Crippen LogP contribution in [-0.2, 0) is 10.2 Å². The first-order valence-electron chi connectivity index (χ1n) is 4.96. The number of aryl methyl sites for hydroxylation is 1. The molecular weight excluding hydrogens is 313 g/mol. The predicted octanol–water partition coefficient (Wildman–Crippen LogP) is 1.68. The van der Waals surface area contributed by atoms with Crippen LogP contribution >= 0.6 is 23.2 Å². The molecular formula is C9H9Cl2N5O2S. The van der Waals surface area contributed by atoms with Crippen molar-refractivity contribution in [3.8, 4) is 0 Å². The minimum Gasteiger partial charge on any atom is -0.367 e. The van der Waals surface area contributed by atoms with Crippen LogP contribution in [0.25, 0.3) is 0 Å². The number of nitrogens with one attached hydrogen (secondary N) is 1. The van der Waals surface area contributed by atoms with Crippen molar-refractivity contribution in [2.75, 3.05) is 10.5 Å². The Kier molecular flexibility index (Phi) is 3.57. The summed E-state index contributed by atoms with van der Waals surface area (Å²) in [5.74, 6) is -0.271. The number of halogens is 2. The van der Waals surface area contributed by atoms with E-state index >= 15 is 0 Å². The number of anilines is 2. The molecule has 0 saturated carbocycles. The van der Waals surface area contributed by atoms with E-state index in [1.165, 1.54) is 6.07 Å². The number of hydrogen-bond acceptors (Lipinski definition) is 5. The van der Waals surface area contributed by atoms with Crippen molar-refractivity contribution in [3.05, 3.63) is 34.1 Å². The Hall–Kier alpha value is -1.51. The molecule has 1 aromatic carbocycles. The van der Waals surface area contributed by atoms with Gasteiger partial charge in [0, 0.05) is 0 Å². The summed E-state index contributed by atoms with van der Waals surface area (Å²) in [5.41, 5.74) is 6.15. The SMILES string of the molecule is Cc1ccc(Cl)c(NS(=O)(=O)n2cnnc2N)c1Cl. The maximum Gasteiger partial charge on any atom is 0.331 e. The second-order valence-corrected chi connectivity index (χ2v) is 5.98. The van der Waals surface area contributed by atoms with Gasteiger partial charge in [0.25, 0.3) is 0 Å². The minimum absolute atomic E-state index is 0.0800. The summed E-state index contributed by atoms with van der Waals surface area (Å²) in [6, 6.07) is 3.21. The highest BCUT2D eigenvalue weighted by Gasteiger charge is 2.20. The number of aromatic nitrogens is 3. The molecule has 0 fully saturated rings. The Labute approximate surface area is 119 Å². The Bertz CT molecular complexity index is 728. The summed E-state index contributed by atoms with van der Waals surface area (Å²) < 4.78 is 27.1. The highest BCUT2D eigenvalue weighted by atomic mass is 35.5. The van der Waals surface area contributed by atoms with Gasteiger partial charge in [0.1, 0.15) is 6.33 Å². The van der Waals surface area contributed by atoms with Crippen molar-refractivity contribution in [2.45, 2.75) is 6.92 Å². The second-order valence-electron chi connectivity index (χ2n) is 3.65. The average molecular weight is 322 g/mol. The highest BCUT2D eigenvalue weighted by Crippen LogP contribution is 2.33. The predicted molar refractivity (Wildman–Crippen MR) is 73.6 cm³/mol. The zero-order valence-corrected chi connectivity index (χ0v) is 12.0. The Morgan fingerprint density at radius 3 is 2.63 bits per heavy atom. The van der Waals surface area contributed by atoms with Crippen molar-refractivity contribution in [2.24, 2.45) is 0 Å². The molecule has 0 aliphatic rings. The van der Waals surface area contributed by atoms with E-state index in [1.54, 1.807) is 13.0 Å². The first-order valence-corrected chi connectivity index (χ1v) is 7.16. The highest BCUT2D eigenvalue weighted by molar-refractivity contribution is 7.91. The van der Waals surface area contributed by atoms with Crippen LogP contribution in [0.2, 0.25) is 10.0 Å². The van der Waals surface area contributed by atoms with Gasteiger partial charge in [-0.15, -0.1) is 10.2 Å². The lowest BCUT2D eigenvalue weighted by Crippen LogP contribution is -2.23. The van der Waals surface area contributed by atoms with E-state index < -0.39 is 10.2 Å². The van der Waals surface area contributed by atoms with E-state index in [0.29, 0.717) is 9.54 Å². The summed E-state index contributed by atoms with van der Waals surface area (Å²) in [6.45, 7) is 1.73. The second kappa shape index (κ2) is 4.87. The normalized spacial score (nSPS) is 11.5. The van der Waals surface area contributed by atoms with Crippen LogP contribution in [0.5, 0.6) is 0 Å². The van der Waals surface area contributed by atoms with Gasteiger partial charge in [-0.05, 0) is 18.6 Å². The fourth-order valence-electron chi connectivity index (χ4n) is 1.35. The van der Waals surface area contributed by atoms with Gasteiger partial charge in [-0.25, -0.2) is 0 Å². The lowest BCUT2D eigenvalue weighted by atomic mass is 10.2. The minimum atomic E-state index is -4.01. The van der Waals surface area contributed by atoms with Gasteiger partial charge >= 0.3 is 10.2 Å². The number of hydrogen-bond donors (Lipinski definition) is 2. The molecule has 0 unspecified atom stereocenters. The van der Waals surface area contributed by atoms with Crippen molar-refractivity contribution < 1.29 is 8.42 Å². The molecule has 0 saturated heterocycles. The number of nitrogens with zero attached hydrogens (tertiary/aromatic N) is 3. The van der Waals surface area contributed by atoms with E-state index in [2.05, 4.69) is 14.9 Å². The van der Waals surface area contributed by atoms with Gasteiger partial charge in [0.15, 0.2) is 0 Å². The Morgan fingerprint density at radius 1 is 1.37 bits per heavy atom. The van der Waals surface area contributed by atoms with Crippen molar-refractivity contribution in [1.29, 1.82) is 0 Å². The summed E-state index contributed by atoms with van der Waals surface area (Å²) >= 11 is 11.9. The van der Waals surface area contributed by atoms with Crippen LogP contribution in [0.4, 0.5) is 11.6 Å². The van der Waals surface area contributed by atoms with Crippen LogP contribution in [0, 0.1) is 6.92 Å². The van der Waals surface area contributed by atoms with Gasteiger partial charge < -0.3 is 5.73 Å². The van der Waals surface area contributed by atoms with Gasteiger partial charge in [-0.2, -0.15) is 12.4 Å². The fraction of sp³-hybridized carbons (Fsp3) is 0.111. The maximum atomic E-state index is 12.1. The first kappa shape index (κ1) is 13.9. The van der Waals surface area contributed by atoms with Crippen molar-refractivity contribution in [1.82, 2.24) is 14.2 Å². The Morgan fingerprint density at radius 2 is 2.05 bits per heavy atom. The molecule has 0 spiro atoms. The van der Waals surface area contributed by atoms with Gasteiger partial charge in [-0.3, -0.25) is 4.72 Å². The zero-order valence-electron chi connectivity index (χ0n) is 9.63. The number of nitrogens with two attached hydrogens (primary N) is 1. The molecule has 102 valence electrons. The summed E-state index contributed by atoms with van der Waals surface area (Å²) in [4.78, 5) is 0. The third kappa shape index (κ3) is 2.60. The average Bonchev–Trinajstić information content (AvgIpc) is 2.77. The molecule has 7 nitrogen and oxygen atoms in total. The van der Waals surface area contributed by atoms with E-state index in [1.807, 2.05) is 0 Å². The van der Waals surface area contributed by atoms with Crippen LogP contribution in [-0.4, -0.2) is 22.6 Å². The summed E-state index contributed by atoms with van der Waals surface area (Å²) in [7, 11) is -4.01. The Balaban J connectivity index is 2.48. The van der Waals surface area contributed by atoms with E-state index in [-0.39, 0.29) is 21.7 Å². The monoisotopic (exact) mass is 321 g/mol. The molecule has 0 radical (unpaired) electrons. The maximum absolute atomic E-state index is 12.1. The van der Waals surface area contributed by atoms with Crippen LogP contribution in [0.3, 0.4) is 0 Å². The van der Waals surface area contributed by atoms with Gasteiger partial charge in [-0.1, -0.05) is 29.3 Å². The van der Waals surface area contributed by atoms with Crippen LogP contribution < -0.4 is 10.5 Å². The molecule has 0 aliphatic heterocycles. The van der Waals surface area contributed by atoms with Crippen LogP contribution in [0.1, 0.15) is 5.56 Å². The van der Waals surface area contributed by atoms with Crippen LogP contribution in [0.15, 0.2) is 18.5 Å². The molecule has 0 amide bonds. The third-order valence-corrected chi connectivity index (χ3v) is 4.38. The van der Waals surface area contributed by atoms with E-state index in [9.17, 15) is 8.42 Å². The lowest BCUT2D eigenvalue weighted by Gasteiger charge is -2.13. The zero-order chi connectivity index (χ0) is 14.2. The summed E-state index contributed by atoms with van der Waals surface area (Å²) in [5, 5.41) is 7.17. The number of nitrogen functional groups attached to an aromatic ring is 1. The smallest absolute Gasteiger partial charge is 0.331 e. The number of benzene rings is 1. The lowest BCUT2D eigenvalue weighted by molar-refractivity contribution is 0.593. The van der Waals surface area contributed by atoms with Crippen molar-refractivity contribution >= 4 is 45.0 Å². The molecule has 2 aromatic rings. The quantitative estimate of drug-likeness (QED) is 0.895. The molecule has 2 rings (SSSR count). The molecule has 1 aromatic heterocycles. The topological polar surface area (TPSA) is 103 Å². The fourth-order valence-corrected chi connectivity index (χ4v) is 2.94. The van der Waals surface area contributed by atoms with Crippen molar-refractivity contribution in [3.63, 3.8) is 0 Å². The largest absolute Gasteiger partial charge is 0.367 e. The molecule has 0 aliphatic carbocycles. The first-order chi connectivity index (χ1) is 8.83.